The number of hydrogen-bond donors (Lipinski definition) is 3. The van der Waals surface area contributed by atoms with Gasteiger partial charge in [-0.25, -0.2) is 0 Å². The van der Waals surface area contributed by atoms with Crippen molar-refractivity contribution in [1.29, 1.82) is 0 Å². The highest BCUT2D eigenvalue weighted by atomic mass is 79.9. The largest absolute Gasteiger partial charge is 0.444 e. The predicted molar refractivity (Wildman–Crippen MR) is 104 cm³/mol. The first-order chi connectivity index (χ1) is 13.5. The summed E-state index contributed by atoms with van der Waals surface area (Å²) in [6.07, 6.45) is 1.55. The number of amides is 3. The summed E-state index contributed by atoms with van der Waals surface area (Å²) in [6.45, 7) is 0. The maximum absolute atomic E-state index is 12.0. The lowest BCUT2D eigenvalue weighted by Gasteiger charge is -2.08. The van der Waals surface area contributed by atoms with Crippen LogP contribution in [-0.4, -0.2) is 22.7 Å². The summed E-state index contributed by atoms with van der Waals surface area (Å²) in [5, 5.41) is 2.69. The quantitative estimate of drug-likeness (QED) is 0.525. The minimum atomic E-state index is -0.503. The molecular weight excluding hydrogens is 428 g/mol. The fourth-order valence-corrected chi connectivity index (χ4v) is 2.56. The van der Waals surface area contributed by atoms with Gasteiger partial charge in [0, 0.05) is 11.9 Å². The van der Waals surface area contributed by atoms with E-state index in [-0.39, 0.29) is 29.7 Å². The van der Waals surface area contributed by atoms with Crippen LogP contribution in [0.1, 0.15) is 26.6 Å². The van der Waals surface area contributed by atoms with Crippen molar-refractivity contribution in [3.63, 3.8) is 0 Å². The zero-order valence-corrected chi connectivity index (χ0v) is 16.0. The fourth-order valence-electron chi connectivity index (χ4n) is 2.25. The number of rotatable bonds is 5. The minimum Gasteiger partial charge on any atom is -0.444 e. The van der Waals surface area contributed by atoms with Crippen LogP contribution in [0.15, 0.2) is 69.9 Å². The SMILES string of the molecule is O=C(Cc1ccc(NC(=O)c2ccc(Br)o2)cc1)NNC(=O)c1ccccn1. The van der Waals surface area contributed by atoms with E-state index in [1.165, 1.54) is 12.3 Å². The number of carbonyl (C=O) groups is 3. The lowest BCUT2D eigenvalue weighted by atomic mass is 10.1. The molecular formula is C19H15BrN4O4. The van der Waals surface area contributed by atoms with Crippen molar-refractivity contribution in [2.75, 3.05) is 5.32 Å². The van der Waals surface area contributed by atoms with Crippen molar-refractivity contribution < 1.29 is 18.8 Å². The summed E-state index contributed by atoms with van der Waals surface area (Å²) >= 11 is 3.14. The minimum absolute atomic E-state index is 0.0574. The second-order valence-corrected chi connectivity index (χ2v) is 6.43. The molecule has 0 aliphatic heterocycles. The van der Waals surface area contributed by atoms with E-state index in [0.717, 1.165) is 0 Å². The van der Waals surface area contributed by atoms with Gasteiger partial charge < -0.3 is 9.73 Å². The lowest BCUT2D eigenvalue weighted by Crippen LogP contribution is -2.42. The number of hydrazine groups is 1. The van der Waals surface area contributed by atoms with Crippen molar-refractivity contribution in [2.45, 2.75) is 6.42 Å². The molecule has 0 radical (unpaired) electrons. The Bertz CT molecular complexity index is 987. The third-order valence-electron chi connectivity index (χ3n) is 3.59. The molecule has 3 aromatic rings. The van der Waals surface area contributed by atoms with Gasteiger partial charge in [-0.1, -0.05) is 18.2 Å². The Balaban J connectivity index is 1.49. The molecule has 0 aliphatic rings. The van der Waals surface area contributed by atoms with Gasteiger partial charge in [0.1, 0.15) is 5.69 Å². The average molecular weight is 443 g/mol. The highest BCUT2D eigenvalue weighted by Crippen LogP contribution is 2.16. The number of carbonyl (C=O) groups excluding carboxylic acids is 3. The highest BCUT2D eigenvalue weighted by molar-refractivity contribution is 9.10. The van der Waals surface area contributed by atoms with Gasteiger partial charge >= 0.3 is 0 Å². The van der Waals surface area contributed by atoms with E-state index in [0.29, 0.717) is 15.9 Å². The molecule has 8 nitrogen and oxygen atoms in total. The van der Waals surface area contributed by atoms with Crippen LogP contribution in [0, 0.1) is 0 Å². The van der Waals surface area contributed by atoms with Crippen molar-refractivity contribution in [2.24, 2.45) is 0 Å². The van der Waals surface area contributed by atoms with Crippen LogP contribution in [0.3, 0.4) is 0 Å². The van der Waals surface area contributed by atoms with Gasteiger partial charge in [-0.3, -0.25) is 30.2 Å². The first kappa shape index (κ1) is 19.3. The van der Waals surface area contributed by atoms with Gasteiger partial charge in [0.05, 0.1) is 6.42 Å². The summed E-state index contributed by atoms with van der Waals surface area (Å²) < 4.78 is 5.65. The molecule has 1 aromatic carbocycles. The zero-order chi connectivity index (χ0) is 19.9. The van der Waals surface area contributed by atoms with Gasteiger partial charge in [0.25, 0.3) is 11.8 Å². The molecule has 9 heteroatoms. The predicted octanol–water partition coefficient (Wildman–Crippen LogP) is 2.69. The van der Waals surface area contributed by atoms with Crippen LogP contribution >= 0.6 is 15.9 Å². The Morgan fingerprint density at radius 1 is 0.929 bits per heavy atom. The molecule has 28 heavy (non-hydrogen) atoms. The van der Waals surface area contributed by atoms with E-state index in [9.17, 15) is 14.4 Å². The number of anilines is 1. The maximum Gasteiger partial charge on any atom is 0.291 e. The molecule has 0 fully saturated rings. The maximum atomic E-state index is 12.0. The molecule has 0 atom stereocenters. The van der Waals surface area contributed by atoms with Crippen LogP contribution in [0.4, 0.5) is 5.69 Å². The van der Waals surface area contributed by atoms with E-state index >= 15 is 0 Å². The molecule has 2 heterocycles. The van der Waals surface area contributed by atoms with Crippen molar-refractivity contribution in [3.05, 3.63) is 82.5 Å². The normalized spacial score (nSPS) is 10.2. The number of nitrogens with zero attached hydrogens (tertiary/aromatic N) is 1. The average Bonchev–Trinajstić information content (AvgIpc) is 3.15. The van der Waals surface area contributed by atoms with E-state index in [2.05, 4.69) is 37.1 Å². The van der Waals surface area contributed by atoms with Crippen LogP contribution in [-0.2, 0) is 11.2 Å². The van der Waals surface area contributed by atoms with Crippen molar-refractivity contribution in [1.82, 2.24) is 15.8 Å². The molecule has 2 aromatic heterocycles. The molecule has 3 N–H and O–H groups in total. The Labute approximate surface area is 168 Å². The highest BCUT2D eigenvalue weighted by Gasteiger charge is 2.11. The lowest BCUT2D eigenvalue weighted by molar-refractivity contribution is -0.121. The van der Waals surface area contributed by atoms with Gasteiger partial charge in [-0.05, 0) is 57.9 Å². The first-order valence-corrected chi connectivity index (χ1v) is 8.96. The molecule has 0 bridgehead atoms. The monoisotopic (exact) mass is 442 g/mol. The molecule has 142 valence electrons. The van der Waals surface area contributed by atoms with Gasteiger partial charge in [-0.2, -0.15) is 0 Å². The van der Waals surface area contributed by atoms with E-state index in [1.54, 1.807) is 48.5 Å². The summed E-state index contributed by atoms with van der Waals surface area (Å²) in [7, 11) is 0. The summed E-state index contributed by atoms with van der Waals surface area (Å²) in [4.78, 5) is 39.7. The molecule has 0 saturated heterocycles. The third kappa shape index (κ3) is 5.27. The van der Waals surface area contributed by atoms with Gasteiger partial charge in [-0.15, -0.1) is 0 Å². The van der Waals surface area contributed by atoms with E-state index < -0.39 is 5.91 Å². The van der Waals surface area contributed by atoms with Gasteiger partial charge in [0.15, 0.2) is 10.4 Å². The molecule has 0 unspecified atom stereocenters. The Hall–Kier alpha value is -3.46. The summed E-state index contributed by atoms with van der Waals surface area (Å²) in [5.41, 5.74) is 6.11. The van der Waals surface area contributed by atoms with Gasteiger partial charge in [0.2, 0.25) is 5.91 Å². The number of pyridine rings is 1. The summed E-state index contributed by atoms with van der Waals surface area (Å²) in [6, 6.07) is 14.8. The number of furan rings is 1. The molecule has 0 saturated carbocycles. The Morgan fingerprint density at radius 2 is 1.71 bits per heavy atom. The number of nitrogens with one attached hydrogen (secondary N) is 3. The first-order valence-electron chi connectivity index (χ1n) is 8.17. The molecule has 0 spiro atoms. The van der Waals surface area contributed by atoms with Crippen LogP contribution < -0.4 is 16.2 Å². The Kier molecular flexibility index (Phi) is 6.18. The van der Waals surface area contributed by atoms with Crippen LogP contribution in [0.5, 0.6) is 0 Å². The topological polar surface area (TPSA) is 113 Å². The van der Waals surface area contributed by atoms with Crippen molar-refractivity contribution >= 4 is 39.3 Å². The summed E-state index contributed by atoms with van der Waals surface area (Å²) in [5.74, 6) is -1.09. The molecule has 3 rings (SSSR count). The van der Waals surface area contributed by atoms with Crippen LogP contribution in [0.2, 0.25) is 0 Å². The van der Waals surface area contributed by atoms with Crippen LogP contribution in [0.25, 0.3) is 0 Å². The molecule has 0 aliphatic carbocycles. The number of halogens is 1. The number of aromatic nitrogens is 1. The van der Waals surface area contributed by atoms with E-state index in [4.69, 9.17) is 4.42 Å². The number of hydrogen-bond acceptors (Lipinski definition) is 5. The standard InChI is InChI=1S/C19H15BrN4O4/c20-16-9-8-15(28-16)19(27)22-13-6-4-12(5-7-13)11-17(25)23-24-18(26)14-3-1-2-10-21-14/h1-10H,11H2,(H,22,27)(H,23,25)(H,24,26). The smallest absolute Gasteiger partial charge is 0.291 e. The van der Waals surface area contributed by atoms with E-state index in [1.807, 2.05) is 0 Å². The Morgan fingerprint density at radius 3 is 2.36 bits per heavy atom. The second-order valence-electron chi connectivity index (χ2n) is 5.65. The molecule has 3 amide bonds. The number of benzene rings is 1. The zero-order valence-electron chi connectivity index (χ0n) is 14.4. The fraction of sp³-hybridized carbons (Fsp3) is 0.0526. The third-order valence-corrected chi connectivity index (χ3v) is 4.01. The van der Waals surface area contributed by atoms with Crippen molar-refractivity contribution in [3.8, 4) is 0 Å². The second kappa shape index (κ2) is 8.96.